The largest absolute Gasteiger partial charge is 0.314 e. The Balaban J connectivity index is 2.80. The predicted octanol–water partition coefficient (Wildman–Crippen LogP) is 2.11. The summed E-state index contributed by atoms with van der Waals surface area (Å²) in [6, 6.07) is 0. The van der Waals surface area contributed by atoms with Gasteiger partial charge in [-0.05, 0) is 12.8 Å². The highest BCUT2D eigenvalue weighted by atomic mass is 32.1. The van der Waals surface area contributed by atoms with Crippen molar-refractivity contribution >= 4 is 11.3 Å². The number of aromatic nitrogens is 1. The lowest BCUT2D eigenvalue weighted by atomic mass is 10.1. The first kappa shape index (κ1) is 16.1. The lowest BCUT2D eigenvalue weighted by molar-refractivity contribution is -0.772. The van der Waals surface area contributed by atoms with Gasteiger partial charge >= 0.3 is 0 Å². The van der Waals surface area contributed by atoms with E-state index >= 15 is 0 Å². The van der Waals surface area contributed by atoms with Gasteiger partial charge < -0.3 is 9.68 Å². The molecule has 1 atom stereocenters. The van der Waals surface area contributed by atoms with Crippen LogP contribution in [0.15, 0.2) is 0 Å². The summed E-state index contributed by atoms with van der Waals surface area (Å²) in [5, 5.41) is 19.4. The van der Waals surface area contributed by atoms with Crippen molar-refractivity contribution in [1.82, 2.24) is 4.98 Å². The molecule has 1 aromatic heterocycles. The van der Waals surface area contributed by atoms with Gasteiger partial charge in [0.2, 0.25) is 0 Å². The van der Waals surface area contributed by atoms with Gasteiger partial charge in [0.05, 0.1) is 5.69 Å². The molecule has 0 radical (unpaired) electrons. The van der Waals surface area contributed by atoms with E-state index in [9.17, 15) is 20.2 Å². The Morgan fingerprint density at radius 1 is 1.30 bits per heavy atom. The molecule has 0 aliphatic carbocycles. The molecule has 0 amide bonds. The second-order valence-electron chi connectivity index (χ2n) is 4.36. The van der Waals surface area contributed by atoms with E-state index in [4.69, 9.17) is 0 Å². The summed E-state index contributed by atoms with van der Waals surface area (Å²) in [5.41, 5.74) is 0.676. The van der Waals surface area contributed by atoms with Crippen molar-refractivity contribution in [2.24, 2.45) is 5.92 Å². The molecule has 1 heterocycles. The van der Waals surface area contributed by atoms with Crippen LogP contribution in [-0.2, 0) is 16.1 Å². The van der Waals surface area contributed by atoms with Crippen molar-refractivity contribution in [3.05, 3.63) is 35.8 Å². The summed E-state index contributed by atoms with van der Waals surface area (Å²) >= 11 is 1.25. The minimum atomic E-state index is -0.857. The standard InChI is InChI=1S/C10H15N3O6S/c1-6(2)9(19-13(16)17)10-11-7(3)8(20-10)4-5-18-12(14)15/h6,9H,4-5H2,1-3H3. The number of hydrogen-bond acceptors (Lipinski definition) is 8. The maximum absolute atomic E-state index is 10.5. The molecule has 112 valence electrons. The lowest BCUT2D eigenvalue weighted by Gasteiger charge is -2.15. The highest BCUT2D eigenvalue weighted by molar-refractivity contribution is 7.11. The first-order valence-corrected chi connectivity index (χ1v) is 6.67. The normalized spacial score (nSPS) is 12.2. The molecule has 0 fully saturated rings. The lowest BCUT2D eigenvalue weighted by Crippen LogP contribution is -2.14. The molecule has 20 heavy (non-hydrogen) atoms. The summed E-state index contributed by atoms with van der Waals surface area (Å²) in [5.74, 6) is -0.117. The number of thiazole rings is 1. The van der Waals surface area contributed by atoms with Gasteiger partial charge in [-0.3, -0.25) is 0 Å². The van der Waals surface area contributed by atoms with Crippen molar-refractivity contribution < 1.29 is 19.8 Å². The molecular weight excluding hydrogens is 290 g/mol. The number of aryl methyl sites for hydroxylation is 1. The van der Waals surface area contributed by atoms with Crippen molar-refractivity contribution in [2.75, 3.05) is 6.61 Å². The quantitative estimate of drug-likeness (QED) is 0.533. The molecule has 0 bridgehead atoms. The van der Waals surface area contributed by atoms with Crippen LogP contribution >= 0.6 is 11.3 Å². The maximum atomic E-state index is 10.5. The van der Waals surface area contributed by atoms with Crippen LogP contribution in [0.5, 0.6) is 0 Å². The molecule has 0 spiro atoms. The zero-order chi connectivity index (χ0) is 15.3. The third kappa shape index (κ3) is 4.61. The van der Waals surface area contributed by atoms with Crippen molar-refractivity contribution in [1.29, 1.82) is 0 Å². The van der Waals surface area contributed by atoms with Gasteiger partial charge in [0.15, 0.2) is 6.10 Å². The first-order chi connectivity index (χ1) is 9.31. The maximum Gasteiger partial charge on any atom is 0.295 e. The van der Waals surface area contributed by atoms with Crippen LogP contribution < -0.4 is 0 Å². The molecule has 1 unspecified atom stereocenters. The highest BCUT2D eigenvalue weighted by Crippen LogP contribution is 2.31. The Kier molecular flexibility index (Phi) is 5.62. The van der Waals surface area contributed by atoms with Crippen LogP contribution in [0.25, 0.3) is 0 Å². The Morgan fingerprint density at radius 2 is 1.95 bits per heavy atom. The van der Waals surface area contributed by atoms with E-state index in [2.05, 4.69) is 14.7 Å². The van der Waals surface area contributed by atoms with Gasteiger partial charge in [-0.15, -0.1) is 31.6 Å². The van der Waals surface area contributed by atoms with E-state index in [1.807, 2.05) is 0 Å². The molecule has 0 N–H and O–H groups in total. The van der Waals surface area contributed by atoms with Crippen LogP contribution in [0.4, 0.5) is 0 Å². The monoisotopic (exact) mass is 305 g/mol. The van der Waals surface area contributed by atoms with Gasteiger partial charge in [0.25, 0.3) is 10.2 Å². The third-order valence-electron chi connectivity index (χ3n) is 2.48. The van der Waals surface area contributed by atoms with Crippen LogP contribution in [0.2, 0.25) is 0 Å². The number of hydrogen-bond donors (Lipinski definition) is 0. The van der Waals surface area contributed by atoms with Crippen molar-refractivity contribution in [3.63, 3.8) is 0 Å². The summed E-state index contributed by atoms with van der Waals surface area (Å²) in [7, 11) is 0. The predicted molar refractivity (Wildman–Crippen MR) is 69.2 cm³/mol. The van der Waals surface area contributed by atoms with E-state index in [1.165, 1.54) is 11.3 Å². The fourth-order valence-corrected chi connectivity index (χ4v) is 2.81. The Labute approximate surface area is 118 Å². The fraction of sp³-hybridized carbons (Fsp3) is 0.700. The molecule has 0 saturated heterocycles. The summed E-state index contributed by atoms with van der Waals surface area (Å²) in [4.78, 5) is 34.5. The highest BCUT2D eigenvalue weighted by Gasteiger charge is 2.24. The number of rotatable bonds is 8. The fourth-order valence-electron chi connectivity index (χ4n) is 1.56. The third-order valence-corrected chi connectivity index (χ3v) is 3.76. The second kappa shape index (κ2) is 6.98. The average molecular weight is 305 g/mol. The van der Waals surface area contributed by atoms with Crippen LogP contribution in [0, 0.1) is 33.1 Å². The number of nitrogens with zero attached hydrogens (tertiary/aromatic N) is 3. The van der Waals surface area contributed by atoms with Crippen LogP contribution in [0.1, 0.15) is 35.5 Å². The smallest absolute Gasteiger partial charge is 0.295 e. The minimum absolute atomic E-state index is 0.0715. The topological polar surface area (TPSA) is 118 Å². The van der Waals surface area contributed by atoms with E-state index in [0.29, 0.717) is 17.1 Å². The molecular formula is C10H15N3O6S. The summed E-state index contributed by atoms with van der Waals surface area (Å²) < 4.78 is 0. The summed E-state index contributed by atoms with van der Waals surface area (Å²) in [6.45, 7) is 5.25. The van der Waals surface area contributed by atoms with Crippen molar-refractivity contribution in [2.45, 2.75) is 33.3 Å². The Morgan fingerprint density at radius 3 is 2.45 bits per heavy atom. The van der Waals surface area contributed by atoms with E-state index in [0.717, 1.165) is 4.88 Å². The molecule has 0 aliphatic rings. The van der Waals surface area contributed by atoms with Crippen LogP contribution in [-0.4, -0.2) is 21.8 Å². The average Bonchev–Trinajstić information content (AvgIpc) is 2.66. The van der Waals surface area contributed by atoms with Crippen molar-refractivity contribution in [3.8, 4) is 0 Å². The van der Waals surface area contributed by atoms with Crippen LogP contribution in [0.3, 0.4) is 0 Å². The molecule has 10 heteroatoms. The molecule has 1 rings (SSSR count). The minimum Gasteiger partial charge on any atom is -0.314 e. The van der Waals surface area contributed by atoms with Gasteiger partial charge in [-0.25, -0.2) is 4.98 Å². The second-order valence-corrected chi connectivity index (χ2v) is 5.48. The molecule has 0 aliphatic heterocycles. The zero-order valence-electron chi connectivity index (χ0n) is 11.3. The molecule has 1 aromatic rings. The van der Waals surface area contributed by atoms with E-state index < -0.39 is 16.3 Å². The van der Waals surface area contributed by atoms with Gasteiger partial charge in [0, 0.05) is 11.3 Å². The zero-order valence-corrected chi connectivity index (χ0v) is 12.1. The van der Waals surface area contributed by atoms with Gasteiger partial charge in [-0.1, -0.05) is 13.8 Å². The van der Waals surface area contributed by atoms with Gasteiger partial charge in [0.1, 0.15) is 11.6 Å². The first-order valence-electron chi connectivity index (χ1n) is 5.86. The van der Waals surface area contributed by atoms with E-state index in [1.54, 1.807) is 20.8 Å². The molecule has 0 aromatic carbocycles. The summed E-state index contributed by atoms with van der Waals surface area (Å²) in [6.07, 6.45) is -0.410. The Hall–Kier alpha value is -1.97. The van der Waals surface area contributed by atoms with Gasteiger partial charge in [-0.2, -0.15) is 0 Å². The Bertz CT molecular complexity index is 489. The SMILES string of the molecule is Cc1nc(C(O[N+](=O)[O-])C(C)C)sc1CCO[N+](=O)[O-]. The molecule has 9 nitrogen and oxygen atoms in total. The van der Waals surface area contributed by atoms with E-state index in [-0.39, 0.29) is 12.5 Å². The molecule has 0 saturated carbocycles.